The lowest BCUT2D eigenvalue weighted by Crippen LogP contribution is -2.60. The van der Waals surface area contributed by atoms with Gasteiger partial charge in [-0.2, -0.15) is 0 Å². The number of aldehydes is 1. The number of hydrogen-bond donors (Lipinski definition) is 3. The van der Waals surface area contributed by atoms with E-state index in [0.29, 0.717) is 12.3 Å². The van der Waals surface area contributed by atoms with Crippen molar-refractivity contribution in [3.8, 4) is 0 Å². The summed E-state index contributed by atoms with van der Waals surface area (Å²) in [7, 11) is 0. The molecule has 0 bridgehead atoms. The molecule has 6 nitrogen and oxygen atoms in total. The Morgan fingerprint density at radius 1 is 1.17 bits per heavy atom. The van der Waals surface area contributed by atoms with Gasteiger partial charge < -0.3 is 24.9 Å². The molecule has 6 heteroatoms. The fourth-order valence-corrected chi connectivity index (χ4v) is 9.93. The van der Waals surface area contributed by atoms with Crippen molar-refractivity contribution >= 4 is 12.3 Å². The Morgan fingerprint density at radius 2 is 1.83 bits per heavy atom. The van der Waals surface area contributed by atoms with Gasteiger partial charge in [0.25, 0.3) is 0 Å². The quantitative estimate of drug-likeness (QED) is 0.302. The van der Waals surface area contributed by atoms with Gasteiger partial charge in [-0.15, -0.1) is 0 Å². The van der Waals surface area contributed by atoms with Crippen LogP contribution >= 0.6 is 0 Å². The molecule has 1 saturated heterocycles. The van der Waals surface area contributed by atoms with Crippen molar-refractivity contribution in [1.82, 2.24) is 0 Å². The average molecular weight is 503 g/mol. The Hall–Kier alpha value is -1.24. The van der Waals surface area contributed by atoms with Gasteiger partial charge in [0, 0.05) is 0 Å². The SMILES string of the molecule is CC1CC(C(O)C(C)(C)O)OC(=O)C1C1(C)CCC23CC24CCC(O)C(C)(C)C4CC=C3C1(C)C=O. The first-order valence-corrected chi connectivity index (χ1v) is 14.0. The van der Waals surface area contributed by atoms with Crippen LogP contribution in [0.15, 0.2) is 11.6 Å². The number of ether oxygens (including phenoxy) is 1. The summed E-state index contributed by atoms with van der Waals surface area (Å²) in [5.41, 5.74) is -1.56. The van der Waals surface area contributed by atoms with Crippen LogP contribution in [-0.2, 0) is 14.3 Å². The van der Waals surface area contributed by atoms with Crippen molar-refractivity contribution in [3.63, 3.8) is 0 Å². The van der Waals surface area contributed by atoms with Gasteiger partial charge in [0.15, 0.2) is 0 Å². The van der Waals surface area contributed by atoms with Crippen LogP contribution in [0, 0.1) is 44.8 Å². The minimum atomic E-state index is -1.37. The highest BCUT2D eigenvalue weighted by Gasteiger charge is 2.80. The van der Waals surface area contributed by atoms with E-state index in [1.807, 2.05) is 13.8 Å². The van der Waals surface area contributed by atoms with E-state index in [0.717, 1.165) is 44.8 Å². The maximum atomic E-state index is 13.6. The molecule has 3 N–H and O–H groups in total. The number of cyclic esters (lactones) is 1. The molecule has 2 spiro atoms. The highest BCUT2D eigenvalue weighted by Crippen LogP contribution is 2.86. The predicted octanol–water partition coefficient (Wildman–Crippen LogP) is 4.20. The minimum absolute atomic E-state index is 0.00997. The minimum Gasteiger partial charge on any atom is -0.459 e. The molecule has 0 aromatic rings. The molecule has 36 heavy (non-hydrogen) atoms. The third-order valence-corrected chi connectivity index (χ3v) is 12.3. The van der Waals surface area contributed by atoms with Crippen molar-refractivity contribution in [1.29, 1.82) is 0 Å². The third-order valence-electron chi connectivity index (χ3n) is 12.3. The van der Waals surface area contributed by atoms with E-state index in [1.54, 1.807) is 0 Å². The topological polar surface area (TPSA) is 104 Å². The average Bonchev–Trinajstić information content (AvgIpc) is 3.46. The number of carbonyl (C=O) groups is 2. The number of esters is 1. The second kappa shape index (κ2) is 7.66. The van der Waals surface area contributed by atoms with Gasteiger partial charge in [0.05, 0.1) is 23.0 Å². The summed E-state index contributed by atoms with van der Waals surface area (Å²) in [4.78, 5) is 26.7. The lowest BCUT2D eigenvalue weighted by Gasteiger charge is -2.61. The Balaban J connectivity index is 1.50. The van der Waals surface area contributed by atoms with Crippen molar-refractivity contribution in [3.05, 3.63) is 11.6 Å². The summed E-state index contributed by atoms with van der Waals surface area (Å²) in [6.07, 6.45) is 7.12. The van der Waals surface area contributed by atoms with E-state index in [-0.39, 0.29) is 34.2 Å². The predicted molar refractivity (Wildman–Crippen MR) is 136 cm³/mol. The van der Waals surface area contributed by atoms with E-state index in [1.165, 1.54) is 19.4 Å². The zero-order valence-corrected chi connectivity index (χ0v) is 23.1. The Morgan fingerprint density at radius 3 is 2.42 bits per heavy atom. The Bertz CT molecular complexity index is 994. The highest BCUT2D eigenvalue weighted by atomic mass is 16.6. The highest BCUT2D eigenvalue weighted by molar-refractivity contribution is 5.78. The second-order valence-electron chi connectivity index (χ2n) is 14.7. The molecule has 10 unspecified atom stereocenters. The first-order valence-electron chi connectivity index (χ1n) is 14.0. The fraction of sp³-hybridized carbons (Fsp3) is 0.867. The molecule has 1 heterocycles. The molecule has 5 aliphatic rings. The fourth-order valence-electron chi connectivity index (χ4n) is 9.93. The summed E-state index contributed by atoms with van der Waals surface area (Å²) < 4.78 is 5.80. The van der Waals surface area contributed by atoms with Gasteiger partial charge in [-0.25, -0.2) is 0 Å². The number of aliphatic hydroxyl groups is 3. The number of aliphatic hydroxyl groups excluding tert-OH is 2. The maximum absolute atomic E-state index is 13.6. The molecular weight excluding hydrogens is 456 g/mol. The molecule has 0 radical (unpaired) electrons. The van der Waals surface area contributed by atoms with Gasteiger partial charge in [-0.1, -0.05) is 39.3 Å². The molecule has 0 aromatic carbocycles. The van der Waals surface area contributed by atoms with E-state index in [4.69, 9.17) is 4.74 Å². The lowest BCUT2D eigenvalue weighted by atomic mass is 9.43. The van der Waals surface area contributed by atoms with Crippen molar-refractivity contribution < 1.29 is 29.6 Å². The van der Waals surface area contributed by atoms with Crippen LogP contribution in [0.4, 0.5) is 0 Å². The van der Waals surface area contributed by atoms with Crippen LogP contribution in [0.5, 0.6) is 0 Å². The Labute approximate surface area is 215 Å². The van der Waals surface area contributed by atoms with Gasteiger partial charge >= 0.3 is 5.97 Å². The summed E-state index contributed by atoms with van der Waals surface area (Å²) >= 11 is 0. The molecule has 5 rings (SSSR count). The molecule has 202 valence electrons. The summed E-state index contributed by atoms with van der Waals surface area (Å²) in [6, 6.07) is 0. The lowest BCUT2D eigenvalue weighted by molar-refractivity contribution is -0.199. The van der Waals surface area contributed by atoms with E-state index >= 15 is 0 Å². The van der Waals surface area contributed by atoms with Gasteiger partial charge in [0.1, 0.15) is 18.5 Å². The number of carbonyl (C=O) groups excluding carboxylic acids is 2. The summed E-state index contributed by atoms with van der Waals surface area (Å²) in [5, 5.41) is 31.7. The molecular formula is C30H46O6. The third kappa shape index (κ3) is 3.07. The standard InChI is InChI=1S/C30H46O6/c1-17-14-18(23(33)26(4,5)35)36-24(34)22(17)27(6)12-13-30-15-29(30)11-10-21(32)25(2,3)19(29)8-9-20(30)28(27,7)16-31/h9,16-19,21-23,32-33,35H,8,10-15H2,1-7H3. The van der Waals surface area contributed by atoms with Crippen LogP contribution in [0.25, 0.3) is 0 Å². The molecule has 0 amide bonds. The maximum Gasteiger partial charge on any atom is 0.310 e. The van der Waals surface area contributed by atoms with Gasteiger partial charge in [-0.3, -0.25) is 4.79 Å². The Kier molecular flexibility index (Phi) is 5.61. The van der Waals surface area contributed by atoms with Crippen LogP contribution in [0.2, 0.25) is 0 Å². The molecule has 10 atom stereocenters. The molecule has 0 aromatic heterocycles. The molecule has 4 aliphatic carbocycles. The number of hydrogen-bond acceptors (Lipinski definition) is 6. The zero-order valence-electron chi connectivity index (χ0n) is 23.1. The molecule has 3 saturated carbocycles. The number of rotatable bonds is 4. The van der Waals surface area contributed by atoms with E-state index < -0.39 is 34.6 Å². The second-order valence-corrected chi connectivity index (χ2v) is 14.7. The molecule has 4 fully saturated rings. The van der Waals surface area contributed by atoms with Gasteiger partial charge in [-0.05, 0) is 99.2 Å². The monoisotopic (exact) mass is 502 g/mol. The van der Waals surface area contributed by atoms with Gasteiger partial charge in [0.2, 0.25) is 0 Å². The summed E-state index contributed by atoms with van der Waals surface area (Å²) in [5.74, 6) is -0.524. The van der Waals surface area contributed by atoms with Crippen molar-refractivity contribution in [2.24, 2.45) is 44.8 Å². The zero-order chi connectivity index (χ0) is 26.7. The molecule has 1 aliphatic heterocycles. The van der Waals surface area contributed by atoms with Crippen molar-refractivity contribution in [2.45, 2.75) is 117 Å². The number of allylic oxidation sites excluding steroid dienone is 2. The largest absolute Gasteiger partial charge is 0.459 e. The normalized spacial score (nSPS) is 50.6. The van der Waals surface area contributed by atoms with E-state index in [2.05, 4.69) is 26.8 Å². The smallest absolute Gasteiger partial charge is 0.310 e. The first-order chi connectivity index (χ1) is 16.5. The van der Waals surface area contributed by atoms with E-state index in [9.17, 15) is 24.9 Å². The van der Waals surface area contributed by atoms with Crippen LogP contribution < -0.4 is 0 Å². The van der Waals surface area contributed by atoms with Crippen LogP contribution in [0.1, 0.15) is 93.4 Å². The van der Waals surface area contributed by atoms with Crippen molar-refractivity contribution in [2.75, 3.05) is 0 Å². The van der Waals surface area contributed by atoms with Crippen LogP contribution in [0.3, 0.4) is 0 Å². The van der Waals surface area contributed by atoms with Crippen LogP contribution in [-0.4, -0.2) is 51.5 Å². The summed E-state index contributed by atoms with van der Waals surface area (Å²) in [6.45, 7) is 13.6. The first kappa shape index (κ1) is 26.4.